The third-order valence-corrected chi connectivity index (χ3v) is 4.41. The fourth-order valence-electron chi connectivity index (χ4n) is 2.14. The van der Waals surface area contributed by atoms with Gasteiger partial charge in [-0.25, -0.2) is 4.90 Å². The molecule has 0 aliphatic carbocycles. The number of benzene rings is 1. The minimum Gasteiger partial charge on any atom is -0.273 e. The Balaban J connectivity index is 2.20. The van der Waals surface area contributed by atoms with Crippen molar-refractivity contribution in [2.24, 2.45) is 10.2 Å². The van der Waals surface area contributed by atoms with Crippen LogP contribution in [0.15, 0.2) is 40.5 Å². The van der Waals surface area contributed by atoms with Crippen molar-refractivity contribution >= 4 is 34.5 Å². The quantitative estimate of drug-likeness (QED) is 0.453. The lowest BCUT2D eigenvalue weighted by molar-refractivity contribution is -0.122. The first-order chi connectivity index (χ1) is 11.2. The van der Waals surface area contributed by atoms with Crippen molar-refractivity contribution < 1.29 is 9.59 Å². The van der Waals surface area contributed by atoms with E-state index in [2.05, 4.69) is 17.1 Å². The van der Waals surface area contributed by atoms with Gasteiger partial charge in [0, 0.05) is 11.3 Å². The summed E-state index contributed by atoms with van der Waals surface area (Å²) in [4.78, 5) is 25.7. The van der Waals surface area contributed by atoms with E-state index in [4.69, 9.17) is 0 Å². The van der Waals surface area contributed by atoms with E-state index in [0.29, 0.717) is 10.7 Å². The second-order valence-electron chi connectivity index (χ2n) is 5.19. The molecule has 1 aliphatic rings. The molecule has 1 aromatic rings. The molecular weight excluding hydrogens is 310 g/mol. The highest BCUT2D eigenvalue weighted by Crippen LogP contribution is 2.22. The van der Waals surface area contributed by atoms with Gasteiger partial charge in [0.15, 0.2) is 5.17 Å². The third kappa shape index (κ3) is 4.51. The van der Waals surface area contributed by atoms with Gasteiger partial charge in [-0.15, -0.1) is 5.10 Å². The molecule has 0 radical (unpaired) electrons. The van der Waals surface area contributed by atoms with E-state index < -0.39 is 0 Å². The summed E-state index contributed by atoms with van der Waals surface area (Å²) >= 11 is 1.26. The number of unbranched alkanes of at least 4 members (excludes halogenated alkanes) is 1. The lowest BCUT2D eigenvalue weighted by atomic mass is 10.1. The number of carbonyl (C=O) groups is 2. The Bertz CT molecular complexity index is 626. The molecule has 0 unspecified atom stereocenters. The number of hydrogen-bond acceptors (Lipinski definition) is 5. The fraction of sp³-hybridized carbons (Fsp3) is 0.412. The van der Waals surface area contributed by atoms with Crippen LogP contribution in [-0.2, 0) is 4.79 Å². The highest BCUT2D eigenvalue weighted by atomic mass is 32.2. The van der Waals surface area contributed by atoms with Crippen molar-refractivity contribution in [3.05, 3.63) is 35.9 Å². The molecule has 1 fully saturated rings. The molecule has 1 aliphatic heterocycles. The SMILES string of the molecule is CCCC/C(CC)=N\N=C1\SCC(=O)N1C(=O)c1ccccc1. The maximum Gasteiger partial charge on any atom is 0.266 e. The van der Waals surface area contributed by atoms with E-state index in [9.17, 15) is 9.59 Å². The zero-order chi connectivity index (χ0) is 16.7. The largest absolute Gasteiger partial charge is 0.273 e. The number of imide groups is 1. The Morgan fingerprint density at radius 3 is 2.65 bits per heavy atom. The highest BCUT2D eigenvalue weighted by molar-refractivity contribution is 8.15. The Morgan fingerprint density at radius 1 is 1.26 bits per heavy atom. The lowest BCUT2D eigenvalue weighted by Gasteiger charge is -2.13. The van der Waals surface area contributed by atoms with Crippen LogP contribution in [-0.4, -0.2) is 33.3 Å². The normalized spacial score (nSPS) is 17.1. The smallest absolute Gasteiger partial charge is 0.266 e. The van der Waals surface area contributed by atoms with Crippen molar-refractivity contribution in [3.63, 3.8) is 0 Å². The van der Waals surface area contributed by atoms with Crippen molar-refractivity contribution in [2.75, 3.05) is 5.75 Å². The first kappa shape index (κ1) is 17.4. The van der Waals surface area contributed by atoms with Gasteiger partial charge in [-0.05, 0) is 31.4 Å². The predicted octanol–water partition coefficient (Wildman–Crippen LogP) is 3.71. The van der Waals surface area contributed by atoms with E-state index in [1.807, 2.05) is 13.0 Å². The molecule has 1 heterocycles. The van der Waals surface area contributed by atoms with Gasteiger partial charge < -0.3 is 0 Å². The van der Waals surface area contributed by atoms with Crippen LogP contribution in [0.1, 0.15) is 49.9 Å². The van der Waals surface area contributed by atoms with Crippen LogP contribution in [0.4, 0.5) is 0 Å². The van der Waals surface area contributed by atoms with Crippen LogP contribution in [0, 0.1) is 0 Å². The van der Waals surface area contributed by atoms with Gasteiger partial charge in [0.25, 0.3) is 5.91 Å². The van der Waals surface area contributed by atoms with Gasteiger partial charge in [-0.2, -0.15) is 5.10 Å². The van der Waals surface area contributed by atoms with E-state index in [-0.39, 0.29) is 17.6 Å². The maximum absolute atomic E-state index is 12.5. The zero-order valence-electron chi connectivity index (χ0n) is 13.5. The second kappa shape index (κ2) is 8.62. The Morgan fingerprint density at radius 2 is 2.00 bits per heavy atom. The van der Waals surface area contributed by atoms with E-state index >= 15 is 0 Å². The average Bonchev–Trinajstić information content (AvgIpc) is 2.96. The molecule has 23 heavy (non-hydrogen) atoms. The Kier molecular flexibility index (Phi) is 6.52. The number of rotatable bonds is 6. The average molecular weight is 331 g/mol. The summed E-state index contributed by atoms with van der Waals surface area (Å²) in [6.07, 6.45) is 3.88. The van der Waals surface area contributed by atoms with Gasteiger partial charge in [0.05, 0.1) is 5.75 Å². The summed E-state index contributed by atoms with van der Waals surface area (Å²) in [6, 6.07) is 8.76. The van der Waals surface area contributed by atoms with Crippen LogP contribution in [0.25, 0.3) is 0 Å². The Hall–Kier alpha value is -1.95. The summed E-state index contributed by atoms with van der Waals surface area (Å²) in [5.41, 5.74) is 1.47. The van der Waals surface area contributed by atoms with E-state index in [0.717, 1.165) is 36.3 Å². The number of amides is 2. The Labute approximate surface area is 140 Å². The minimum atomic E-state index is -0.346. The molecule has 0 aromatic heterocycles. The van der Waals surface area contributed by atoms with Crippen LogP contribution in [0.2, 0.25) is 0 Å². The minimum absolute atomic E-state index is 0.226. The first-order valence-electron chi connectivity index (χ1n) is 7.85. The van der Waals surface area contributed by atoms with E-state index in [1.165, 1.54) is 11.8 Å². The van der Waals surface area contributed by atoms with Crippen LogP contribution in [0.5, 0.6) is 0 Å². The molecule has 0 atom stereocenters. The van der Waals surface area contributed by atoms with Crippen LogP contribution in [0.3, 0.4) is 0 Å². The zero-order valence-corrected chi connectivity index (χ0v) is 14.3. The first-order valence-corrected chi connectivity index (χ1v) is 8.84. The number of amidine groups is 1. The van der Waals surface area contributed by atoms with Gasteiger partial charge in [-0.3, -0.25) is 9.59 Å². The summed E-state index contributed by atoms with van der Waals surface area (Å²) in [5.74, 6) is -0.367. The second-order valence-corrected chi connectivity index (χ2v) is 6.14. The highest BCUT2D eigenvalue weighted by Gasteiger charge is 2.34. The molecule has 0 spiro atoms. The number of carbonyl (C=O) groups excluding carboxylic acids is 2. The van der Waals surface area contributed by atoms with Crippen molar-refractivity contribution in [1.82, 2.24) is 4.90 Å². The molecular formula is C17H21N3O2S. The molecule has 0 bridgehead atoms. The molecule has 1 saturated heterocycles. The van der Waals surface area contributed by atoms with Crippen molar-refractivity contribution in [3.8, 4) is 0 Å². The summed E-state index contributed by atoms with van der Waals surface area (Å²) < 4.78 is 0. The number of thioether (sulfide) groups is 1. The summed E-state index contributed by atoms with van der Waals surface area (Å²) in [5, 5.41) is 8.80. The molecule has 2 rings (SSSR count). The van der Waals surface area contributed by atoms with Gasteiger partial charge >= 0.3 is 0 Å². The molecule has 0 saturated carbocycles. The molecule has 5 nitrogen and oxygen atoms in total. The monoisotopic (exact) mass is 331 g/mol. The molecule has 0 N–H and O–H groups in total. The van der Waals surface area contributed by atoms with Gasteiger partial charge in [0.2, 0.25) is 5.91 Å². The predicted molar refractivity (Wildman–Crippen MR) is 94.8 cm³/mol. The van der Waals surface area contributed by atoms with Gasteiger partial charge in [-0.1, -0.05) is 50.2 Å². The molecule has 2 amide bonds. The van der Waals surface area contributed by atoms with Crippen LogP contribution >= 0.6 is 11.8 Å². The van der Waals surface area contributed by atoms with Gasteiger partial charge in [0.1, 0.15) is 0 Å². The van der Waals surface area contributed by atoms with Crippen molar-refractivity contribution in [1.29, 1.82) is 0 Å². The fourth-order valence-corrected chi connectivity index (χ4v) is 2.93. The number of nitrogens with zero attached hydrogens (tertiary/aromatic N) is 3. The summed E-state index contributed by atoms with van der Waals surface area (Å²) in [7, 11) is 0. The molecule has 6 heteroatoms. The molecule has 122 valence electrons. The lowest BCUT2D eigenvalue weighted by Crippen LogP contribution is -2.35. The standard InChI is InChI=1S/C17H21N3O2S/c1-3-5-11-14(4-2)18-19-17-20(15(21)12-23-17)16(22)13-9-7-6-8-10-13/h6-10H,3-5,11-12H2,1-2H3/b18-14-,19-17+. The third-order valence-electron chi connectivity index (χ3n) is 3.49. The van der Waals surface area contributed by atoms with Crippen molar-refractivity contribution in [2.45, 2.75) is 39.5 Å². The molecule has 1 aromatic carbocycles. The van der Waals surface area contributed by atoms with Crippen LogP contribution < -0.4 is 0 Å². The number of hydrogen-bond donors (Lipinski definition) is 0. The topological polar surface area (TPSA) is 62.1 Å². The van der Waals surface area contributed by atoms with E-state index in [1.54, 1.807) is 24.3 Å². The summed E-state index contributed by atoms with van der Waals surface area (Å²) in [6.45, 7) is 4.17. The maximum atomic E-state index is 12.5.